The van der Waals surface area contributed by atoms with Crippen LogP contribution in [-0.2, 0) is 23.7 Å². The zero-order valence-corrected chi connectivity index (χ0v) is 35.0. The predicted molar refractivity (Wildman–Crippen MR) is 231 cm³/mol. The molecule has 0 aromatic heterocycles. The maximum absolute atomic E-state index is 3.01. The summed E-state index contributed by atoms with van der Waals surface area (Å²) >= 11 is 0. The Kier molecular flexibility index (Phi) is 10.3. The first-order chi connectivity index (χ1) is 24.6. The van der Waals surface area contributed by atoms with Crippen LogP contribution in [0.3, 0.4) is 0 Å². The molecule has 2 atom stereocenters. The SMILES string of the molecule is CCc1cc(CC)cc([Si](C2=C(C)C(C)=C(C)C2C)(c2cc(-c3ccccc3)cc(-c3ccccc3)c2)c2cc(C(C)(C)C)cc(C(C)(C)C)c2)c1. The van der Waals surface area contributed by atoms with E-state index < -0.39 is 8.07 Å². The lowest BCUT2D eigenvalue weighted by atomic mass is 9.81. The minimum Gasteiger partial charge on any atom is -0.0636 e. The second-order valence-electron chi connectivity index (χ2n) is 17.4. The van der Waals surface area contributed by atoms with Crippen LogP contribution in [-0.4, -0.2) is 8.07 Å². The Morgan fingerprint density at radius 1 is 0.481 bits per heavy atom. The molecule has 0 aliphatic heterocycles. The van der Waals surface area contributed by atoms with Crippen LogP contribution < -0.4 is 15.6 Å². The second-order valence-corrected chi connectivity index (χ2v) is 21.2. The van der Waals surface area contributed by atoms with Gasteiger partial charge in [-0.2, -0.15) is 0 Å². The van der Waals surface area contributed by atoms with E-state index in [1.54, 1.807) is 5.20 Å². The van der Waals surface area contributed by atoms with Gasteiger partial charge in [-0.05, 0) is 122 Å². The Labute approximate surface area is 316 Å². The lowest BCUT2D eigenvalue weighted by Gasteiger charge is -2.41. The van der Waals surface area contributed by atoms with Crippen molar-refractivity contribution in [2.75, 3.05) is 0 Å². The van der Waals surface area contributed by atoms with E-state index in [1.807, 2.05) is 0 Å². The van der Waals surface area contributed by atoms with Gasteiger partial charge in [-0.3, -0.25) is 0 Å². The van der Waals surface area contributed by atoms with E-state index in [-0.39, 0.29) is 10.8 Å². The molecule has 0 heterocycles. The minimum absolute atomic E-state index is 0.00805. The molecule has 0 bridgehead atoms. The van der Waals surface area contributed by atoms with E-state index >= 15 is 0 Å². The highest BCUT2D eigenvalue weighted by atomic mass is 28.3. The highest BCUT2D eigenvalue weighted by Crippen LogP contribution is 2.43. The topological polar surface area (TPSA) is 0 Å². The highest BCUT2D eigenvalue weighted by Gasteiger charge is 2.49. The lowest BCUT2D eigenvalue weighted by Crippen LogP contribution is -2.70. The van der Waals surface area contributed by atoms with Gasteiger partial charge in [0.2, 0.25) is 0 Å². The molecule has 0 N–H and O–H groups in total. The molecule has 0 saturated heterocycles. The summed E-state index contributed by atoms with van der Waals surface area (Å²) in [6, 6.07) is 45.2. The summed E-state index contributed by atoms with van der Waals surface area (Å²) in [6.07, 6.45) is 2.04. The molecule has 2 unspecified atom stereocenters. The number of hydrogen-bond acceptors (Lipinski definition) is 0. The molecule has 268 valence electrons. The Morgan fingerprint density at radius 2 is 0.904 bits per heavy atom. The van der Waals surface area contributed by atoms with Gasteiger partial charge in [-0.15, -0.1) is 0 Å². The fourth-order valence-electron chi connectivity index (χ4n) is 8.47. The van der Waals surface area contributed by atoms with E-state index in [2.05, 4.69) is 198 Å². The molecule has 1 heteroatoms. The molecule has 0 spiro atoms. The summed E-state index contributed by atoms with van der Waals surface area (Å²) in [5.41, 5.74) is 15.2. The molecule has 0 fully saturated rings. The van der Waals surface area contributed by atoms with E-state index in [9.17, 15) is 0 Å². The van der Waals surface area contributed by atoms with Crippen LogP contribution in [0.1, 0.15) is 105 Å². The summed E-state index contributed by atoms with van der Waals surface area (Å²) in [6.45, 7) is 28.6. The molecular formula is C51H60Si. The fraction of sp³-hybridized carbons (Fsp3) is 0.333. The molecule has 52 heavy (non-hydrogen) atoms. The largest absolute Gasteiger partial charge is 0.176 e. The van der Waals surface area contributed by atoms with E-state index in [0.717, 1.165) is 12.8 Å². The van der Waals surface area contributed by atoms with Crippen LogP contribution in [0, 0.1) is 5.92 Å². The van der Waals surface area contributed by atoms with Gasteiger partial charge in [-0.1, -0.05) is 188 Å². The average molecular weight is 701 g/mol. The zero-order valence-electron chi connectivity index (χ0n) is 34.0. The molecule has 1 aliphatic carbocycles. The molecule has 5 aromatic rings. The summed E-state index contributed by atoms with van der Waals surface area (Å²) in [5.74, 6) is 0.332. The van der Waals surface area contributed by atoms with Crippen molar-refractivity contribution in [3.63, 3.8) is 0 Å². The van der Waals surface area contributed by atoms with Crippen LogP contribution in [0.2, 0.25) is 0 Å². The molecule has 0 nitrogen and oxygen atoms in total. The van der Waals surface area contributed by atoms with Gasteiger partial charge >= 0.3 is 0 Å². The zero-order chi connectivity index (χ0) is 37.6. The number of rotatable bonds is 8. The standard InChI is InChI=1S/C51H60Si/c1-13-38-25-39(14-2)27-46(26-38)52(49-36(5)34(3)35(4)37(49)6,48-32-44(50(7,8)9)31-45(33-48)51(10,11)12)47-29-42(40-21-17-15-18-22-40)28-43(30-47)41-23-19-16-20-24-41/h15-33,36H,13-14H2,1-12H3. The van der Waals surface area contributed by atoms with Gasteiger partial charge in [-0.25, -0.2) is 0 Å². The van der Waals surface area contributed by atoms with Crippen molar-refractivity contribution in [3.05, 3.63) is 159 Å². The van der Waals surface area contributed by atoms with Crippen molar-refractivity contribution in [2.45, 2.75) is 107 Å². The molecule has 1 aliphatic rings. The molecule has 0 amide bonds. The van der Waals surface area contributed by atoms with Gasteiger partial charge in [0.05, 0.1) is 0 Å². The Morgan fingerprint density at radius 3 is 1.29 bits per heavy atom. The first-order valence-electron chi connectivity index (χ1n) is 19.5. The van der Waals surface area contributed by atoms with Crippen molar-refractivity contribution < 1.29 is 0 Å². The van der Waals surface area contributed by atoms with Gasteiger partial charge < -0.3 is 0 Å². The number of allylic oxidation sites excluding steroid dienone is 4. The van der Waals surface area contributed by atoms with Gasteiger partial charge in [0.15, 0.2) is 8.07 Å². The quantitative estimate of drug-likeness (QED) is 0.112. The monoisotopic (exact) mass is 700 g/mol. The molecule has 0 radical (unpaired) electrons. The minimum atomic E-state index is -3.01. The number of hydrogen-bond donors (Lipinski definition) is 0. The lowest BCUT2D eigenvalue weighted by molar-refractivity contribution is 0.569. The third-order valence-electron chi connectivity index (χ3n) is 12.0. The Bertz CT molecular complexity index is 2040. The number of aryl methyl sites for hydroxylation is 2. The van der Waals surface area contributed by atoms with Crippen molar-refractivity contribution in [2.24, 2.45) is 5.92 Å². The smallest absolute Gasteiger partial charge is 0.0636 e. The third-order valence-corrected chi connectivity index (χ3v) is 17.1. The van der Waals surface area contributed by atoms with Gasteiger partial charge in [0, 0.05) is 0 Å². The fourth-order valence-corrected chi connectivity index (χ4v) is 14.3. The highest BCUT2D eigenvalue weighted by molar-refractivity contribution is 7.16. The summed E-state index contributed by atoms with van der Waals surface area (Å²) in [7, 11) is -3.01. The van der Waals surface area contributed by atoms with Crippen LogP contribution in [0.4, 0.5) is 0 Å². The summed E-state index contributed by atoms with van der Waals surface area (Å²) in [5, 5.41) is 6.14. The summed E-state index contributed by atoms with van der Waals surface area (Å²) in [4.78, 5) is 0. The van der Waals surface area contributed by atoms with Crippen molar-refractivity contribution in [1.29, 1.82) is 0 Å². The van der Waals surface area contributed by atoms with Gasteiger partial charge in [0.25, 0.3) is 0 Å². The molecule has 6 rings (SSSR count). The van der Waals surface area contributed by atoms with Crippen LogP contribution in [0.25, 0.3) is 22.3 Å². The van der Waals surface area contributed by atoms with Crippen molar-refractivity contribution in [3.8, 4) is 22.3 Å². The second kappa shape index (κ2) is 14.3. The van der Waals surface area contributed by atoms with E-state index in [1.165, 1.54) is 76.8 Å². The molecule has 5 aromatic carbocycles. The third kappa shape index (κ3) is 6.85. The number of benzene rings is 5. The van der Waals surface area contributed by atoms with Crippen molar-refractivity contribution >= 4 is 23.6 Å². The maximum atomic E-state index is 2.64. The van der Waals surface area contributed by atoms with E-state index in [4.69, 9.17) is 0 Å². The maximum Gasteiger partial charge on any atom is 0.176 e. The summed E-state index contributed by atoms with van der Waals surface area (Å²) < 4.78 is 0. The Hall–Kier alpha value is -4.20. The first-order valence-corrected chi connectivity index (χ1v) is 21.5. The van der Waals surface area contributed by atoms with Crippen molar-refractivity contribution in [1.82, 2.24) is 0 Å². The predicted octanol–water partition coefficient (Wildman–Crippen LogP) is 12.1. The first kappa shape index (κ1) is 37.6. The van der Waals surface area contributed by atoms with Crippen LogP contribution in [0.5, 0.6) is 0 Å². The Balaban J connectivity index is 1.91. The molecular weight excluding hydrogens is 641 g/mol. The van der Waals surface area contributed by atoms with E-state index in [0.29, 0.717) is 5.92 Å². The van der Waals surface area contributed by atoms with Crippen LogP contribution in [0.15, 0.2) is 137 Å². The van der Waals surface area contributed by atoms with Gasteiger partial charge in [0.1, 0.15) is 0 Å². The molecule has 0 saturated carbocycles. The average Bonchev–Trinajstić information content (AvgIpc) is 3.33. The van der Waals surface area contributed by atoms with Crippen LogP contribution >= 0.6 is 0 Å². The normalized spacial score (nSPS) is 16.4.